The first-order valence-electron chi connectivity index (χ1n) is 4.83. The van der Waals surface area contributed by atoms with Crippen LogP contribution in [0.15, 0.2) is 30.0 Å². The van der Waals surface area contributed by atoms with E-state index < -0.39 is 0 Å². The highest BCUT2D eigenvalue weighted by Gasteiger charge is 2.03. The molecule has 0 aromatic carbocycles. The van der Waals surface area contributed by atoms with Gasteiger partial charge in [0.05, 0.1) is 11.9 Å². The Balaban J connectivity index is 2.66. The van der Waals surface area contributed by atoms with E-state index in [0.717, 1.165) is 6.42 Å². The Morgan fingerprint density at radius 2 is 2.33 bits per heavy atom. The Bertz CT molecular complexity index is 368. The number of hydrogen-bond acceptors (Lipinski definition) is 3. The fourth-order valence-corrected chi connectivity index (χ4v) is 1.11. The molecule has 0 aliphatic heterocycles. The number of carbonyl (C=O) groups is 1. The second-order valence-corrected chi connectivity index (χ2v) is 3.22. The van der Waals surface area contributed by atoms with Crippen LogP contribution in [0.4, 0.5) is 11.5 Å². The van der Waals surface area contributed by atoms with Gasteiger partial charge in [-0.3, -0.25) is 4.79 Å². The van der Waals surface area contributed by atoms with E-state index in [4.69, 9.17) is 5.73 Å². The maximum atomic E-state index is 11.5. The first kappa shape index (κ1) is 11.2. The molecule has 1 amide bonds. The van der Waals surface area contributed by atoms with Crippen LogP contribution in [-0.2, 0) is 4.79 Å². The molecule has 1 rings (SSSR count). The van der Waals surface area contributed by atoms with E-state index in [1.807, 2.05) is 13.0 Å². The van der Waals surface area contributed by atoms with Gasteiger partial charge in [-0.2, -0.15) is 0 Å². The van der Waals surface area contributed by atoms with Crippen LogP contribution in [0, 0.1) is 0 Å². The highest BCUT2D eigenvalue weighted by molar-refractivity contribution is 6.03. The van der Waals surface area contributed by atoms with E-state index in [2.05, 4.69) is 10.3 Å². The summed E-state index contributed by atoms with van der Waals surface area (Å²) in [7, 11) is 0. The van der Waals surface area contributed by atoms with Crippen LogP contribution >= 0.6 is 0 Å². The van der Waals surface area contributed by atoms with Crippen LogP contribution in [-0.4, -0.2) is 10.9 Å². The number of anilines is 2. The van der Waals surface area contributed by atoms with Gasteiger partial charge in [0.2, 0.25) is 0 Å². The van der Waals surface area contributed by atoms with E-state index in [0.29, 0.717) is 17.1 Å². The van der Waals surface area contributed by atoms with E-state index in [1.165, 1.54) is 6.20 Å². The van der Waals surface area contributed by atoms with Crippen molar-refractivity contribution in [2.75, 3.05) is 11.1 Å². The van der Waals surface area contributed by atoms with Gasteiger partial charge in [0, 0.05) is 5.57 Å². The van der Waals surface area contributed by atoms with Crippen molar-refractivity contribution in [2.24, 2.45) is 0 Å². The molecule has 0 saturated carbocycles. The lowest BCUT2D eigenvalue weighted by Gasteiger charge is -2.04. The van der Waals surface area contributed by atoms with E-state index in [9.17, 15) is 4.79 Å². The van der Waals surface area contributed by atoms with Crippen molar-refractivity contribution in [3.8, 4) is 0 Å². The van der Waals surface area contributed by atoms with Crippen LogP contribution in [0.25, 0.3) is 0 Å². The number of nitrogen functional groups attached to an aromatic ring is 1. The van der Waals surface area contributed by atoms with Gasteiger partial charge in [-0.1, -0.05) is 13.0 Å². The molecule has 0 bridgehead atoms. The maximum absolute atomic E-state index is 11.5. The summed E-state index contributed by atoms with van der Waals surface area (Å²) in [6.07, 6.45) is 4.26. The van der Waals surface area contributed by atoms with Gasteiger partial charge >= 0.3 is 0 Å². The topological polar surface area (TPSA) is 68.0 Å². The first-order valence-corrected chi connectivity index (χ1v) is 4.83. The first-order chi connectivity index (χ1) is 7.13. The lowest BCUT2D eigenvalue weighted by Crippen LogP contribution is -2.12. The van der Waals surface area contributed by atoms with Crippen molar-refractivity contribution in [3.05, 3.63) is 30.0 Å². The van der Waals surface area contributed by atoms with Crippen molar-refractivity contribution < 1.29 is 4.79 Å². The monoisotopic (exact) mass is 205 g/mol. The number of nitrogens with one attached hydrogen (secondary N) is 1. The lowest BCUT2D eigenvalue weighted by atomic mass is 10.2. The van der Waals surface area contributed by atoms with Gasteiger partial charge in [0.1, 0.15) is 5.82 Å². The Labute approximate surface area is 89.2 Å². The number of hydrogen-bond donors (Lipinski definition) is 2. The van der Waals surface area contributed by atoms with Gasteiger partial charge in [-0.15, -0.1) is 0 Å². The Hall–Kier alpha value is -1.84. The second kappa shape index (κ2) is 5.14. The normalized spacial score (nSPS) is 11.2. The number of allylic oxidation sites excluding steroid dienone is 1. The SMILES string of the molecule is CCC=C(C)C(=O)Nc1ccc(N)nc1. The molecule has 1 heterocycles. The number of carbonyl (C=O) groups excluding carboxylic acids is 1. The molecule has 3 N–H and O–H groups in total. The molecule has 15 heavy (non-hydrogen) atoms. The average Bonchev–Trinajstić information content (AvgIpc) is 2.22. The molecule has 0 unspecified atom stereocenters. The second-order valence-electron chi connectivity index (χ2n) is 3.22. The molecule has 0 fully saturated rings. The summed E-state index contributed by atoms with van der Waals surface area (Å²) in [4.78, 5) is 15.4. The number of aromatic nitrogens is 1. The number of amides is 1. The summed E-state index contributed by atoms with van der Waals surface area (Å²) in [5, 5.41) is 2.73. The molecular weight excluding hydrogens is 190 g/mol. The standard InChI is InChI=1S/C11H15N3O/c1-3-4-8(2)11(15)14-9-5-6-10(12)13-7-9/h4-7H,3H2,1-2H3,(H2,12,13)(H,14,15). The molecule has 0 spiro atoms. The zero-order chi connectivity index (χ0) is 11.3. The van der Waals surface area contributed by atoms with Crippen molar-refractivity contribution in [3.63, 3.8) is 0 Å². The van der Waals surface area contributed by atoms with Gasteiger partial charge in [0.15, 0.2) is 0 Å². The average molecular weight is 205 g/mol. The van der Waals surface area contributed by atoms with E-state index >= 15 is 0 Å². The van der Waals surface area contributed by atoms with Crippen LogP contribution < -0.4 is 11.1 Å². The minimum atomic E-state index is -0.108. The predicted octanol–water partition coefficient (Wildman–Crippen LogP) is 1.96. The Kier molecular flexibility index (Phi) is 3.85. The molecular formula is C11H15N3O. The summed E-state index contributed by atoms with van der Waals surface area (Å²) in [5.74, 6) is 0.331. The van der Waals surface area contributed by atoms with Gasteiger partial charge in [-0.25, -0.2) is 4.98 Å². The minimum absolute atomic E-state index is 0.108. The third-order valence-electron chi connectivity index (χ3n) is 1.91. The third kappa shape index (κ3) is 3.42. The van der Waals surface area contributed by atoms with Crippen LogP contribution in [0.3, 0.4) is 0 Å². The van der Waals surface area contributed by atoms with Crippen LogP contribution in [0.2, 0.25) is 0 Å². The molecule has 0 aliphatic rings. The summed E-state index contributed by atoms with van der Waals surface area (Å²) >= 11 is 0. The molecule has 4 heteroatoms. The molecule has 0 radical (unpaired) electrons. The molecule has 0 aliphatic carbocycles. The largest absolute Gasteiger partial charge is 0.384 e. The minimum Gasteiger partial charge on any atom is -0.384 e. The lowest BCUT2D eigenvalue weighted by molar-refractivity contribution is -0.112. The van der Waals surface area contributed by atoms with E-state index in [-0.39, 0.29) is 5.91 Å². The van der Waals surface area contributed by atoms with Gasteiger partial charge in [-0.05, 0) is 25.5 Å². The molecule has 4 nitrogen and oxygen atoms in total. The quantitative estimate of drug-likeness (QED) is 0.741. The molecule has 80 valence electrons. The fourth-order valence-electron chi connectivity index (χ4n) is 1.11. The number of rotatable bonds is 3. The van der Waals surface area contributed by atoms with Crippen molar-refractivity contribution >= 4 is 17.4 Å². The van der Waals surface area contributed by atoms with Crippen molar-refractivity contribution in [1.29, 1.82) is 0 Å². The highest BCUT2D eigenvalue weighted by atomic mass is 16.1. The fraction of sp³-hybridized carbons (Fsp3) is 0.273. The number of nitrogens with two attached hydrogens (primary N) is 1. The zero-order valence-corrected chi connectivity index (χ0v) is 8.95. The van der Waals surface area contributed by atoms with Gasteiger partial charge in [0.25, 0.3) is 5.91 Å². The molecule has 0 saturated heterocycles. The maximum Gasteiger partial charge on any atom is 0.251 e. The Morgan fingerprint density at radius 3 is 2.87 bits per heavy atom. The Morgan fingerprint density at radius 1 is 1.60 bits per heavy atom. The number of nitrogens with zero attached hydrogens (tertiary/aromatic N) is 1. The van der Waals surface area contributed by atoms with Gasteiger partial charge < -0.3 is 11.1 Å². The third-order valence-corrected chi connectivity index (χ3v) is 1.91. The van der Waals surface area contributed by atoms with Crippen molar-refractivity contribution in [1.82, 2.24) is 4.98 Å². The zero-order valence-electron chi connectivity index (χ0n) is 8.95. The molecule has 0 atom stereocenters. The van der Waals surface area contributed by atoms with Crippen LogP contribution in [0.5, 0.6) is 0 Å². The van der Waals surface area contributed by atoms with E-state index in [1.54, 1.807) is 19.1 Å². The summed E-state index contributed by atoms with van der Waals surface area (Å²) < 4.78 is 0. The summed E-state index contributed by atoms with van der Waals surface area (Å²) in [5.41, 5.74) is 6.78. The van der Waals surface area contributed by atoms with Crippen molar-refractivity contribution in [2.45, 2.75) is 20.3 Å². The molecule has 1 aromatic heterocycles. The van der Waals surface area contributed by atoms with Crippen LogP contribution in [0.1, 0.15) is 20.3 Å². The highest BCUT2D eigenvalue weighted by Crippen LogP contribution is 2.08. The number of pyridine rings is 1. The smallest absolute Gasteiger partial charge is 0.251 e. The summed E-state index contributed by atoms with van der Waals surface area (Å²) in [6.45, 7) is 3.77. The molecule has 1 aromatic rings. The summed E-state index contributed by atoms with van der Waals surface area (Å²) in [6, 6.07) is 3.37. The predicted molar refractivity (Wildman–Crippen MR) is 61.3 cm³/mol.